The van der Waals surface area contributed by atoms with Crippen LogP contribution in [0.1, 0.15) is 34.7 Å². The minimum absolute atomic E-state index is 0. The Morgan fingerprint density at radius 1 is 1.42 bits per heavy atom. The SMILES string of the molecule is CN=C(NCc1nnc2n1CCC2)NC(C)Cc1ccc(C)s1.I. The summed E-state index contributed by atoms with van der Waals surface area (Å²) >= 11 is 1.85. The van der Waals surface area contributed by atoms with Crippen LogP contribution >= 0.6 is 35.3 Å². The summed E-state index contributed by atoms with van der Waals surface area (Å²) in [6.07, 6.45) is 3.21. The highest BCUT2D eigenvalue weighted by atomic mass is 127. The van der Waals surface area contributed by atoms with Crippen molar-refractivity contribution in [3.8, 4) is 0 Å². The molecule has 0 aromatic carbocycles. The number of halogens is 1. The Morgan fingerprint density at radius 2 is 2.25 bits per heavy atom. The lowest BCUT2D eigenvalue weighted by atomic mass is 10.2. The van der Waals surface area contributed by atoms with Gasteiger partial charge in [-0.05, 0) is 32.4 Å². The van der Waals surface area contributed by atoms with Crippen LogP contribution in [0.3, 0.4) is 0 Å². The topological polar surface area (TPSA) is 67.1 Å². The van der Waals surface area contributed by atoms with Gasteiger partial charge in [0, 0.05) is 42.2 Å². The van der Waals surface area contributed by atoms with E-state index in [9.17, 15) is 0 Å². The Kier molecular flexibility index (Phi) is 7.02. The molecule has 0 amide bonds. The lowest BCUT2D eigenvalue weighted by Gasteiger charge is -2.17. The third-order valence-electron chi connectivity index (χ3n) is 4.01. The van der Waals surface area contributed by atoms with Crippen LogP contribution in [0, 0.1) is 6.92 Å². The van der Waals surface area contributed by atoms with Gasteiger partial charge in [0.05, 0.1) is 6.54 Å². The smallest absolute Gasteiger partial charge is 0.191 e. The molecule has 2 N–H and O–H groups in total. The molecule has 0 bridgehead atoms. The van der Waals surface area contributed by atoms with Gasteiger partial charge in [0.25, 0.3) is 0 Å². The first-order valence-electron chi connectivity index (χ1n) is 8.09. The minimum Gasteiger partial charge on any atom is -0.354 e. The standard InChI is InChI=1S/C16H24N6S.HI/c1-11(9-13-7-6-12(2)23-13)19-16(17-3)18-10-15-21-20-14-5-4-8-22(14)15;/h6-7,11H,4-5,8-10H2,1-3H3,(H2,17,18,19);1H. The van der Waals surface area contributed by atoms with Crippen LogP contribution in [0.15, 0.2) is 17.1 Å². The molecule has 24 heavy (non-hydrogen) atoms. The third-order valence-corrected chi connectivity index (χ3v) is 5.03. The molecule has 1 aliphatic heterocycles. The first-order valence-corrected chi connectivity index (χ1v) is 8.91. The van der Waals surface area contributed by atoms with Crippen molar-refractivity contribution < 1.29 is 0 Å². The number of nitrogens with one attached hydrogen (secondary N) is 2. The van der Waals surface area contributed by atoms with Crippen LogP contribution < -0.4 is 10.6 Å². The fourth-order valence-corrected chi connectivity index (χ4v) is 3.90. The van der Waals surface area contributed by atoms with Gasteiger partial charge in [-0.2, -0.15) is 0 Å². The molecule has 0 fully saturated rings. The Bertz CT molecular complexity index is 693. The number of aromatic nitrogens is 3. The second kappa shape index (κ2) is 8.80. The summed E-state index contributed by atoms with van der Waals surface area (Å²) in [6, 6.07) is 4.70. The maximum absolute atomic E-state index is 4.31. The molecule has 2 aromatic rings. The Labute approximate surface area is 164 Å². The number of thiophene rings is 1. The summed E-state index contributed by atoms with van der Waals surface area (Å²) in [5.74, 6) is 2.90. The summed E-state index contributed by atoms with van der Waals surface area (Å²) in [6.45, 7) is 6.00. The van der Waals surface area contributed by atoms with Gasteiger partial charge in [-0.1, -0.05) is 0 Å². The highest BCUT2D eigenvalue weighted by Gasteiger charge is 2.17. The molecule has 0 saturated carbocycles. The van der Waals surface area contributed by atoms with Crippen LogP contribution in [-0.4, -0.2) is 33.8 Å². The number of aliphatic imine (C=N–C) groups is 1. The fraction of sp³-hybridized carbons (Fsp3) is 0.562. The van der Waals surface area contributed by atoms with Gasteiger partial charge in [0.15, 0.2) is 11.8 Å². The van der Waals surface area contributed by atoms with E-state index in [2.05, 4.69) is 56.4 Å². The van der Waals surface area contributed by atoms with Crippen molar-refractivity contribution >= 4 is 41.3 Å². The highest BCUT2D eigenvalue weighted by Crippen LogP contribution is 2.16. The number of rotatable bonds is 5. The molecule has 3 rings (SSSR count). The molecule has 1 aliphatic rings. The molecule has 0 spiro atoms. The van der Waals surface area contributed by atoms with Crippen LogP contribution in [-0.2, 0) is 25.9 Å². The maximum atomic E-state index is 4.31. The number of aryl methyl sites for hydroxylation is 2. The van der Waals surface area contributed by atoms with E-state index in [0.717, 1.165) is 37.0 Å². The largest absolute Gasteiger partial charge is 0.354 e. The molecule has 8 heteroatoms. The zero-order valence-electron chi connectivity index (χ0n) is 14.4. The molecule has 1 atom stereocenters. The van der Waals surface area contributed by atoms with E-state index in [1.54, 1.807) is 7.05 Å². The molecule has 0 saturated heterocycles. The van der Waals surface area contributed by atoms with Gasteiger partial charge in [-0.15, -0.1) is 45.5 Å². The van der Waals surface area contributed by atoms with Gasteiger partial charge in [-0.25, -0.2) is 0 Å². The van der Waals surface area contributed by atoms with Crippen molar-refractivity contribution in [3.05, 3.63) is 33.5 Å². The predicted molar refractivity (Wildman–Crippen MR) is 109 cm³/mol. The van der Waals surface area contributed by atoms with Crippen molar-refractivity contribution in [2.24, 2.45) is 4.99 Å². The van der Waals surface area contributed by atoms with Gasteiger partial charge >= 0.3 is 0 Å². The van der Waals surface area contributed by atoms with Crippen molar-refractivity contribution in [1.29, 1.82) is 0 Å². The number of nitrogens with zero attached hydrogens (tertiary/aromatic N) is 4. The van der Waals surface area contributed by atoms with Gasteiger partial charge in [-0.3, -0.25) is 4.99 Å². The first-order chi connectivity index (χ1) is 11.2. The monoisotopic (exact) mass is 460 g/mol. The summed E-state index contributed by atoms with van der Waals surface area (Å²) in [4.78, 5) is 7.06. The van der Waals surface area contributed by atoms with Gasteiger partial charge in [0.1, 0.15) is 5.82 Å². The molecule has 3 heterocycles. The van der Waals surface area contributed by atoms with E-state index in [-0.39, 0.29) is 24.0 Å². The number of hydrogen-bond donors (Lipinski definition) is 2. The molecule has 6 nitrogen and oxygen atoms in total. The average Bonchev–Trinajstić information content (AvgIpc) is 3.21. The zero-order chi connectivity index (χ0) is 16.2. The fourth-order valence-electron chi connectivity index (χ4n) is 2.88. The third kappa shape index (κ3) is 4.69. The molecular formula is C16H25IN6S. The van der Waals surface area contributed by atoms with Crippen LogP contribution in [0.4, 0.5) is 0 Å². The van der Waals surface area contributed by atoms with E-state index < -0.39 is 0 Å². The predicted octanol–water partition coefficient (Wildman–Crippen LogP) is 2.51. The molecular weight excluding hydrogens is 435 g/mol. The maximum Gasteiger partial charge on any atom is 0.191 e. The van der Waals surface area contributed by atoms with Gasteiger partial charge in [0.2, 0.25) is 0 Å². The quantitative estimate of drug-likeness (QED) is 0.409. The molecule has 2 aromatic heterocycles. The van der Waals surface area contributed by atoms with Crippen molar-refractivity contribution in [2.45, 2.75) is 52.2 Å². The van der Waals surface area contributed by atoms with Crippen molar-refractivity contribution in [1.82, 2.24) is 25.4 Å². The Morgan fingerprint density at radius 3 is 2.96 bits per heavy atom. The molecule has 132 valence electrons. The van der Waals surface area contributed by atoms with E-state index in [4.69, 9.17) is 0 Å². The van der Waals surface area contributed by atoms with Crippen LogP contribution in [0.2, 0.25) is 0 Å². The van der Waals surface area contributed by atoms with Crippen LogP contribution in [0.25, 0.3) is 0 Å². The van der Waals surface area contributed by atoms with Crippen molar-refractivity contribution in [3.63, 3.8) is 0 Å². The normalized spacial score (nSPS) is 14.9. The van der Waals surface area contributed by atoms with E-state index in [1.807, 2.05) is 11.3 Å². The van der Waals surface area contributed by atoms with E-state index in [0.29, 0.717) is 12.6 Å². The number of guanidine groups is 1. The summed E-state index contributed by atoms with van der Waals surface area (Å²) in [5.41, 5.74) is 0. The summed E-state index contributed by atoms with van der Waals surface area (Å²) in [7, 11) is 1.80. The number of fused-ring (bicyclic) bond motifs is 1. The lowest BCUT2D eigenvalue weighted by molar-refractivity contribution is 0.627. The van der Waals surface area contributed by atoms with Gasteiger partial charge < -0.3 is 15.2 Å². The lowest BCUT2D eigenvalue weighted by Crippen LogP contribution is -2.43. The van der Waals surface area contributed by atoms with E-state index in [1.165, 1.54) is 16.2 Å². The van der Waals surface area contributed by atoms with Crippen molar-refractivity contribution in [2.75, 3.05) is 7.05 Å². The number of hydrogen-bond acceptors (Lipinski definition) is 4. The average molecular weight is 460 g/mol. The van der Waals surface area contributed by atoms with E-state index >= 15 is 0 Å². The second-order valence-electron chi connectivity index (χ2n) is 5.98. The zero-order valence-corrected chi connectivity index (χ0v) is 17.5. The second-order valence-corrected chi connectivity index (χ2v) is 7.35. The Balaban J connectivity index is 0.00000208. The van der Waals surface area contributed by atoms with Crippen LogP contribution in [0.5, 0.6) is 0 Å². The molecule has 1 unspecified atom stereocenters. The first kappa shape index (κ1) is 19.2. The molecule has 0 aliphatic carbocycles. The summed E-state index contributed by atoms with van der Waals surface area (Å²) < 4.78 is 2.21. The summed E-state index contributed by atoms with van der Waals surface area (Å²) in [5, 5.41) is 15.3. The molecule has 0 radical (unpaired) electrons. The Hall–Kier alpha value is -1.16. The highest BCUT2D eigenvalue weighted by molar-refractivity contribution is 14.0. The minimum atomic E-state index is 0.